The van der Waals surface area contributed by atoms with Gasteiger partial charge in [-0.1, -0.05) is 6.92 Å². The Hall–Kier alpha value is -3.22. The van der Waals surface area contributed by atoms with Gasteiger partial charge in [-0.3, -0.25) is 4.68 Å². The van der Waals surface area contributed by atoms with Gasteiger partial charge in [0.05, 0.1) is 25.0 Å². The number of aromatic amines is 1. The van der Waals surface area contributed by atoms with E-state index in [1.54, 1.807) is 13.4 Å². The summed E-state index contributed by atoms with van der Waals surface area (Å²) in [5.41, 5.74) is 3.75. The number of H-pyrrole nitrogens is 1. The molecule has 0 aliphatic rings. The highest BCUT2D eigenvalue weighted by Gasteiger charge is 2.16. The quantitative estimate of drug-likeness (QED) is 0.606. The van der Waals surface area contributed by atoms with Crippen molar-refractivity contribution in [3.8, 4) is 17.1 Å². The van der Waals surface area contributed by atoms with Crippen LogP contribution in [0.3, 0.4) is 0 Å². The molecule has 0 fully saturated rings. The van der Waals surface area contributed by atoms with Crippen molar-refractivity contribution < 1.29 is 4.74 Å². The molecule has 7 nitrogen and oxygen atoms in total. The third-order valence-corrected chi connectivity index (χ3v) is 4.29. The number of rotatable bonds is 5. The van der Waals surface area contributed by atoms with Crippen LogP contribution < -0.4 is 4.74 Å². The van der Waals surface area contributed by atoms with E-state index in [0.717, 1.165) is 34.3 Å². The first-order valence-corrected chi connectivity index (χ1v) is 8.12. The summed E-state index contributed by atoms with van der Waals surface area (Å²) in [4.78, 5) is 16.1. The summed E-state index contributed by atoms with van der Waals surface area (Å²) in [5, 5.41) is 5.55. The Morgan fingerprint density at radius 2 is 2.08 bits per heavy atom. The molecule has 0 radical (unpaired) electrons. The van der Waals surface area contributed by atoms with E-state index in [4.69, 9.17) is 4.74 Å². The number of hydrogen-bond donors (Lipinski definition) is 1. The van der Waals surface area contributed by atoms with E-state index in [9.17, 15) is 0 Å². The number of hydrogen-bond acceptors (Lipinski definition) is 5. The fraction of sp³-hybridized carbons (Fsp3) is 0.222. The summed E-state index contributed by atoms with van der Waals surface area (Å²) in [6.45, 7) is 2.13. The van der Waals surface area contributed by atoms with Crippen LogP contribution in [0, 0.1) is 0 Å². The van der Waals surface area contributed by atoms with Gasteiger partial charge in [0.15, 0.2) is 0 Å². The lowest BCUT2D eigenvalue weighted by Crippen LogP contribution is -2.10. The van der Waals surface area contributed by atoms with Crippen molar-refractivity contribution in [3.63, 3.8) is 0 Å². The van der Waals surface area contributed by atoms with Crippen LogP contribution in [0.25, 0.3) is 22.3 Å². The van der Waals surface area contributed by atoms with Crippen molar-refractivity contribution in [2.45, 2.75) is 19.4 Å². The molecule has 7 heteroatoms. The molecule has 1 N–H and O–H groups in total. The van der Waals surface area contributed by atoms with Crippen molar-refractivity contribution in [1.82, 2.24) is 29.7 Å². The van der Waals surface area contributed by atoms with E-state index in [1.165, 1.54) is 0 Å². The molecule has 0 spiro atoms. The van der Waals surface area contributed by atoms with Gasteiger partial charge >= 0.3 is 0 Å². The smallest absolute Gasteiger partial charge is 0.212 e. The lowest BCUT2D eigenvalue weighted by molar-refractivity contribution is 0.396. The van der Waals surface area contributed by atoms with Crippen LogP contribution in [0.5, 0.6) is 5.88 Å². The zero-order chi connectivity index (χ0) is 17.2. The summed E-state index contributed by atoms with van der Waals surface area (Å²) >= 11 is 0. The normalized spacial score (nSPS) is 12.4. The summed E-state index contributed by atoms with van der Waals surface area (Å²) in [5.74, 6) is 0.607. The second kappa shape index (κ2) is 6.35. The lowest BCUT2D eigenvalue weighted by atomic mass is 10.1. The van der Waals surface area contributed by atoms with Crippen LogP contribution in [0.2, 0.25) is 0 Å². The molecule has 126 valence electrons. The number of fused-ring (bicyclic) bond motifs is 1. The van der Waals surface area contributed by atoms with Gasteiger partial charge in [-0.2, -0.15) is 5.10 Å². The number of pyridine rings is 1. The average molecular weight is 334 g/mol. The van der Waals surface area contributed by atoms with Crippen LogP contribution in [-0.4, -0.2) is 36.8 Å². The molecule has 4 rings (SSSR count). The Balaban J connectivity index is 1.70. The molecule has 4 aromatic rings. The summed E-state index contributed by atoms with van der Waals surface area (Å²) in [7, 11) is 1.61. The van der Waals surface area contributed by atoms with Gasteiger partial charge in [0.25, 0.3) is 0 Å². The van der Waals surface area contributed by atoms with Gasteiger partial charge in [-0.05, 0) is 24.1 Å². The van der Waals surface area contributed by atoms with Gasteiger partial charge in [-0.15, -0.1) is 0 Å². The monoisotopic (exact) mass is 334 g/mol. The number of nitrogens with one attached hydrogen (secondary N) is 1. The lowest BCUT2D eigenvalue weighted by Gasteiger charge is -2.15. The van der Waals surface area contributed by atoms with Crippen molar-refractivity contribution in [1.29, 1.82) is 0 Å². The Bertz CT molecular complexity index is 988. The average Bonchev–Trinajstić information content (AvgIpc) is 3.32. The van der Waals surface area contributed by atoms with Gasteiger partial charge in [0, 0.05) is 35.6 Å². The largest absolute Gasteiger partial charge is 0.481 e. The summed E-state index contributed by atoms with van der Waals surface area (Å²) in [6, 6.07) is 5.98. The van der Waals surface area contributed by atoms with Crippen molar-refractivity contribution in [3.05, 3.63) is 54.9 Å². The first-order chi connectivity index (χ1) is 12.3. The fourth-order valence-corrected chi connectivity index (χ4v) is 3.02. The van der Waals surface area contributed by atoms with Gasteiger partial charge in [0.1, 0.15) is 12.0 Å². The molecular weight excluding hydrogens is 316 g/mol. The molecule has 0 amide bonds. The van der Waals surface area contributed by atoms with Gasteiger partial charge in [0.2, 0.25) is 5.88 Å². The SMILES string of the molecule is CCC(c1ccc(OC)nc1)n1cc(-c2ncnc3[nH]ccc23)cn1. The predicted molar refractivity (Wildman–Crippen MR) is 94.3 cm³/mol. The molecule has 1 atom stereocenters. The Morgan fingerprint density at radius 1 is 1.16 bits per heavy atom. The van der Waals surface area contributed by atoms with E-state index >= 15 is 0 Å². The molecule has 0 bridgehead atoms. The Labute approximate surface area is 144 Å². The van der Waals surface area contributed by atoms with Crippen molar-refractivity contribution >= 4 is 11.0 Å². The highest BCUT2D eigenvalue weighted by Crippen LogP contribution is 2.27. The molecule has 0 aliphatic heterocycles. The van der Waals surface area contributed by atoms with Crippen molar-refractivity contribution in [2.24, 2.45) is 0 Å². The zero-order valence-electron chi connectivity index (χ0n) is 14.0. The Kier molecular flexibility index (Phi) is 3.89. The molecular formula is C18H18N6O. The highest BCUT2D eigenvalue weighted by molar-refractivity contribution is 5.89. The number of nitrogens with zero attached hydrogens (tertiary/aromatic N) is 5. The van der Waals surface area contributed by atoms with Crippen LogP contribution in [0.1, 0.15) is 24.9 Å². The molecule has 25 heavy (non-hydrogen) atoms. The maximum Gasteiger partial charge on any atom is 0.212 e. The minimum absolute atomic E-state index is 0.107. The molecule has 0 aliphatic carbocycles. The molecule has 0 saturated heterocycles. The topological polar surface area (TPSA) is 81.5 Å². The standard InChI is InChI=1S/C18H18N6O/c1-3-15(12-4-5-16(25-2)20-8-12)24-10-13(9-23-24)17-14-6-7-19-18(14)22-11-21-17/h4-11,15H,3H2,1-2H3,(H,19,21,22). The second-order valence-electron chi connectivity index (χ2n) is 5.73. The fourth-order valence-electron chi connectivity index (χ4n) is 3.02. The molecule has 4 aromatic heterocycles. The minimum atomic E-state index is 0.107. The number of aromatic nitrogens is 6. The number of methoxy groups -OCH3 is 1. The molecule has 1 unspecified atom stereocenters. The first kappa shape index (κ1) is 15.3. The maximum atomic E-state index is 5.13. The van der Waals surface area contributed by atoms with Crippen LogP contribution in [0.15, 0.2) is 49.3 Å². The predicted octanol–water partition coefficient (Wildman–Crippen LogP) is 3.22. The van der Waals surface area contributed by atoms with E-state index in [1.807, 2.05) is 47.7 Å². The first-order valence-electron chi connectivity index (χ1n) is 8.12. The Morgan fingerprint density at radius 3 is 2.84 bits per heavy atom. The van der Waals surface area contributed by atoms with Gasteiger partial charge < -0.3 is 9.72 Å². The third-order valence-electron chi connectivity index (χ3n) is 4.29. The van der Waals surface area contributed by atoms with Crippen LogP contribution in [-0.2, 0) is 0 Å². The van der Waals surface area contributed by atoms with Crippen LogP contribution in [0.4, 0.5) is 0 Å². The summed E-state index contributed by atoms with van der Waals surface area (Å²) in [6.07, 6.45) is 10.0. The highest BCUT2D eigenvalue weighted by atomic mass is 16.5. The van der Waals surface area contributed by atoms with Crippen LogP contribution >= 0.6 is 0 Å². The van der Waals surface area contributed by atoms with E-state index in [0.29, 0.717) is 5.88 Å². The van der Waals surface area contributed by atoms with E-state index < -0.39 is 0 Å². The second-order valence-corrected chi connectivity index (χ2v) is 5.73. The molecule has 4 heterocycles. The number of ether oxygens (including phenoxy) is 1. The molecule has 0 aromatic carbocycles. The maximum absolute atomic E-state index is 5.13. The van der Waals surface area contributed by atoms with Gasteiger partial charge in [-0.25, -0.2) is 15.0 Å². The third kappa shape index (κ3) is 2.73. The minimum Gasteiger partial charge on any atom is -0.481 e. The van der Waals surface area contributed by atoms with E-state index in [-0.39, 0.29) is 6.04 Å². The van der Waals surface area contributed by atoms with Crippen molar-refractivity contribution in [2.75, 3.05) is 7.11 Å². The molecule has 0 saturated carbocycles. The zero-order valence-corrected chi connectivity index (χ0v) is 14.0. The summed E-state index contributed by atoms with van der Waals surface area (Å²) < 4.78 is 7.09. The van der Waals surface area contributed by atoms with E-state index in [2.05, 4.69) is 32.0 Å².